The van der Waals surface area contributed by atoms with Gasteiger partial charge in [-0.25, -0.2) is 4.98 Å². The highest BCUT2D eigenvalue weighted by atomic mass is 32.1. The molecule has 5 nitrogen and oxygen atoms in total. The Hall–Kier alpha value is -2.73. The molecule has 0 radical (unpaired) electrons. The highest BCUT2D eigenvalue weighted by molar-refractivity contribution is 7.17. The van der Waals surface area contributed by atoms with Gasteiger partial charge in [0.15, 0.2) is 0 Å². The fourth-order valence-electron chi connectivity index (χ4n) is 2.46. The third kappa shape index (κ3) is 4.46. The van der Waals surface area contributed by atoms with Crippen molar-refractivity contribution in [1.29, 1.82) is 0 Å². The Morgan fingerprint density at radius 1 is 1.23 bits per heavy atom. The van der Waals surface area contributed by atoms with Gasteiger partial charge < -0.3 is 10.1 Å². The lowest BCUT2D eigenvalue weighted by Crippen LogP contribution is -2.36. The molecule has 1 aromatic carbocycles. The molecular weight excluding hydrogens is 346 g/mol. The van der Waals surface area contributed by atoms with Gasteiger partial charge in [-0.1, -0.05) is 18.2 Å². The molecule has 134 valence electrons. The molecule has 26 heavy (non-hydrogen) atoms. The average Bonchev–Trinajstić information content (AvgIpc) is 3.03. The van der Waals surface area contributed by atoms with E-state index in [4.69, 9.17) is 4.74 Å². The summed E-state index contributed by atoms with van der Waals surface area (Å²) in [5.41, 5.74) is 2.62. The summed E-state index contributed by atoms with van der Waals surface area (Å²) < 4.78 is 5.75. The smallest absolute Gasteiger partial charge is 0.263 e. The highest BCUT2D eigenvalue weighted by Crippen LogP contribution is 2.26. The van der Waals surface area contributed by atoms with Crippen molar-refractivity contribution in [2.24, 2.45) is 0 Å². The normalized spacial score (nSPS) is 11.8. The molecule has 0 aliphatic rings. The van der Waals surface area contributed by atoms with Crippen LogP contribution in [-0.2, 0) is 0 Å². The van der Waals surface area contributed by atoms with E-state index in [0.29, 0.717) is 17.2 Å². The van der Waals surface area contributed by atoms with E-state index in [1.165, 1.54) is 11.3 Å². The van der Waals surface area contributed by atoms with Gasteiger partial charge in [-0.05, 0) is 50.6 Å². The van der Waals surface area contributed by atoms with Crippen LogP contribution in [0.15, 0.2) is 48.7 Å². The fourth-order valence-corrected chi connectivity index (χ4v) is 3.41. The quantitative estimate of drug-likeness (QED) is 0.715. The fraction of sp³-hybridized carbons (Fsp3) is 0.250. The van der Waals surface area contributed by atoms with Gasteiger partial charge in [-0.2, -0.15) is 0 Å². The number of amides is 1. The number of aromatic nitrogens is 2. The van der Waals surface area contributed by atoms with E-state index < -0.39 is 0 Å². The molecule has 3 rings (SSSR count). The van der Waals surface area contributed by atoms with Gasteiger partial charge in [0.05, 0.1) is 17.4 Å². The number of ether oxygens (including phenoxy) is 1. The lowest BCUT2D eigenvalue weighted by molar-refractivity contribution is 0.0930. The minimum absolute atomic E-state index is 0.122. The van der Waals surface area contributed by atoms with Crippen LogP contribution in [0, 0.1) is 13.8 Å². The Bertz CT molecular complexity index is 893. The number of hydrogen-bond acceptors (Lipinski definition) is 5. The van der Waals surface area contributed by atoms with E-state index >= 15 is 0 Å². The Balaban J connectivity index is 1.61. The number of carbonyl (C=O) groups excluding carboxylic acids is 1. The van der Waals surface area contributed by atoms with E-state index in [2.05, 4.69) is 15.3 Å². The molecule has 0 spiro atoms. The van der Waals surface area contributed by atoms with Gasteiger partial charge in [0.1, 0.15) is 22.2 Å². The van der Waals surface area contributed by atoms with Crippen LogP contribution >= 0.6 is 11.3 Å². The number of aryl methyl sites for hydroxylation is 2. The first-order chi connectivity index (χ1) is 12.5. The molecule has 1 unspecified atom stereocenters. The van der Waals surface area contributed by atoms with Gasteiger partial charge >= 0.3 is 0 Å². The molecule has 6 heteroatoms. The Kier molecular flexibility index (Phi) is 5.63. The monoisotopic (exact) mass is 367 g/mol. The second-order valence-corrected chi connectivity index (χ2v) is 7.15. The lowest BCUT2D eigenvalue weighted by Gasteiger charge is -2.15. The zero-order valence-corrected chi connectivity index (χ0v) is 15.8. The van der Waals surface area contributed by atoms with Crippen LogP contribution in [0.1, 0.15) is 27.9 Å². The van der Waals surface area contributed by atoms with Crippen molar-refractivity contribution in [3.63, 3.8) is 0 Å². The van der Waals surface area contributed by atoms with E-state index in [9.17, 15) is 4.79 Å². The topological polar surface area (TPSA) is 64.1 Å². The molecule has 0 saturated carbocycles. The molecule has 1 atom stereocenters. The molecule has 1 amide bonds. The third-order valence-electron chi connectivity index (χ3n) is 3.75. The molecule has 0 saturated heterocycles. The first-order valence-corrected chi connectivity index (χ1v) is 9.24. The van der Waals surface area contributed by atoms with Gasteiger partial charge in [0.2, 0.25) is 0 Å². The molecule has 3 aromatic rings. The maximum absolute atomic E-state index is 12.6. The van der Waals surface area contributed by atoms with Crippen LogP contribution in [0.25, 0.3) is 10.7 Å². The summed E-state index contributed by atoms with van der Waals surface area (Å²) in [7, 11) is 0. The Morgan fingerprint density at radius 3 is 2.81 bits per heavy atom. The standard InChI is InChI=1S/C20H21N3O2S/c1-13-7-6-8-16(11-13)25-12-14(2)22-19(24)18-15(3)23-20(26-18)17-9-4-5-10-21-17/h4-11,14H,12H2,1-3H3,(H,22,24). The summed E-state index contributed by atoms with van der Waals surface area (Å²) in [6.45, 7) is 6.18. The van der Waals surface area contributed by atoms with Crippen LogP contribution in [-0.4, -0.2) is 28.5 Å². The number of pyridine rings is 1. The summed E-state index contributed by atoms with van der Waals surface area (Å²) >= 11 is 1.35. The maximum atomic E-state index is 12.6. The number of nitrogens with one attached hydrogen (secondary N) is 1. The van der Waals surface area contributed by atoms with Crippen LogP contribution < -0.4 is 10.1 Å². The van der Waals surface area contributed by atoms with E-state index in [1.807, 2.05) is 63.2 Å². The van der Waals surface area contributed by atoms with Gasteiger partial charge in [0.25, 0.3) is 5.91 Å². The van der Waals surface area contributed by atoms with Crippen molar-refractivity contribution in [2.45, 2.75) is 26.8 Å². The largest absolute Gasteiger partial charge is 0.491 e. The number of benzene rings is 1. The second-order valence-electron chi connectivity index (χ2n) is 6.15. The van der Waals surface area contributed by atoms with Crippen LogP contribution in [0.5, 0.6) is 5.75 Å². The number of rotatable bonds is 6. The van der Waals surface area contributed by atoms with Crippen molar-refractivity contribution in [3.8, 4) is 16.5 Å². The summed E-state index contributed by atoms with van der Waals surface area (Å²) in [6, 6.07) is 13.4. The van der Waals surface area contributed by atoms with Crippen LogP contribution in [0.2, 0.25) is 0 Å². The van der Waals surface area contributed by atoms with E-state index in [-0.39, 0.29) is 11.9 Å². The number of thiazole rings is 1. The molecule has 0 fully saturated rings. The minimum atomic E-state index is -0.137. The molecule has 1 N–H and O–H groups in total. The molecule has 2 aromatic heterocycles. The SMILES string of the molecule is Cc1cccc(OCC(C)NC(=O)c2sc(-c3ccccn3)nc2C)c1. The third-order valence-corrected chi connectivity index (χ3v) is 4.93. The van der Waals surface area contributed by atoms with Gasteiger partial charge in [0, 0.05) is 6.20 Å². The predicted octanol–water partition coefficient (Wildman–Crippen LogP) is 4.02. The summed E-state index contributed by atoms with van der Waals surface area (Å²) in [4.78, 5) is 21.9. The molecular formula is C20H21N3O2S. The van der Waals surface area contributed by atoms with Crippen molar-refractivity contribution >= 4 is 17.2 Å². The minimum Gasteiger partial charge on any atom is -0.491 e. The molecule has 0 aliphatic heterocycles. The highest BCUT2D eigenvalue weighted by Gasteiger charge is 2.18. The number of hydrogen-bond donors (Lipinski definition) is 1. The average molecular weight is 367 g/mol. The number of carbonyl (C=O) groups is 1. The zero-order valence-electron chi connectivity index (χ0n) is 15.0. The molecule has 2 heterocycles. The number of nitrogens with zero attached hydrogens (tertiary/aromatic N) is 2. The Labute approximate surface area is 157 Å². The van der Waals surface area contributed by atoms with Crippen molar-refractivity contribution in [2.75, 3.05) is 6.61 Å². The first-order valence-electron chi connectivity index (χ1n) is 8.42. The van der Waals surface area contributed by atoms with E-state index in [0.717, 1.165) is 22.0 Å². The van der Waals surface area contributed by atoms with Crippen molar-refractivity contribution in [3.05, 3.63) is 64.8 Å². The predicted molar refractivity (Wildman–Crippen MR) is 104 cm³/mol. The second kappa shape index (κ2) is 8.10. The van der Waals surface area contributed by atoms with E-state index in [1.54, 1.807) is 6.20 Å². The summed E-state index contributed by atoms with van der Waals surface area (Å²) in [5.74, 6) is 0.667. The van der Waals surface area contributed by atoms with Crippen LogP contribution in [0.3, 0.4) is 0 Å². The van der Waals surface area contributed by atoms with Gasteiger partial charge in [-0.3, -0.25) is 9.78 Å². The maximum Gasteiger partial charge on any atom is 0.263 e. The first kappa shape index (κ1) is 18.1. The molecule has 0 bridgehead atoms. The van der Waals surface area contributed by atoms with Crippen molar-refractivity contribution < 1.29 is 9.53 Å². The Morgan fingerprint density at radius 2 is 2.08 bits per heavy atom. The zero-order chi connectivity index (χ0) is 18.5. The van der Waals surface area contributed by atoms with Gasteiger partial charge in [-0.15, -0.1) is 11.3 Å². The summed E-state index contributed by atoms with van der Waals surface area (Å²) in [5, 5.41) is 3.72. The van der Waals surface area contributed by atoms with Crippen molar-refractivity contribution in [1.82, 2.24) is 15.3 Å². The molecule has 0 aliphatic carbocycles. The lowest BCUT2D eigenvalue weighted by atomic mass is 10.2. The summed E-state index contributed by atoms with van der Waals surface area (Å²) in [6.07, 6.45) is 1.72. The van der Waals surface area contributed by atoms with Crippen LogP contribution in [0.4, 0.5) is 0 Å².